The molecule has 0 unspecified atom stereocenters. The second kappa shape index (κ2) is 3.26. The fourth-order valence-corrected chi connectivity index (χ4v) is 1.08. The lowest BCUT2D eigenvalue weighted by molar-refractivity contribution is -0.137. The number of hydrogen-bond acceptors (Lipinski definition) is 4. The Morgan fingerprint density at radius 2 is 2.33 bits per heavy atom. The molecule has 12 heavy (non-hydrogen) atoms. The molecule has 0 aliphatic carbocycles. The van der Waals surface area contributed by atoms with E-state index in [0.717, 1.165) is 0 Å². The van der Waals surface area contributed by atoms with Gasteiger partial charge < -0.3 is 15.8 Å². The Balaban J connectivity index is 2.61. The fraction of sp³-hybridized carbons (Fsp3) is 0.600. The van der Waals surface area contributed by atoms with E-state index in [0.29, 0.717) is 19.0 Å². The fourth-order valence-electron chi connectivity index (χ4n) is 1.08. The minimum atomic E-state index is -0.925. The van der Waals surface area contributed by atoms with Crippen LogP contribution in [-0.4, -0.2) is 46.6 Å². The molecule has 7 nitrogen and oxygen atoms in total. The maximum atomic E-state index is 10.3. The van der Waals surface area contributed by atoms with E-state index in [4.69, 9.17) is 16.8 Å². The van der Waals surface area contributed by atoms with Gasteiger partial charge in [0, 0.05) is 6.54 Å². The molecule has 0 aromatic rings. The molecule has 1 rings (SSSR count). The van der Waals surface area contributed by atoms with Crippen LogP contribution in [0.4, 0.5) is 0 Å². The normalized spacial score (nSPS) is 20.6. The van der Waals surface area contributed by atoms with Crippen molar-refractivity contribution >= 4 is 11.9 Å². The summed E-state index contributed by atoms with van der Waals surface area (Å²) < 4.78 is 0. The van der Waals surface area contributed by atoms with Gasteiger partial charge in [0.25, 0.3) is 0 Å². The number of rotatable bonds is 2. The van der Waals surface area contributed by atoms with Crippen LogP contribution >= 0.6 is 0 Å². The Morgan fingerprint density at radius 3 is 2.83 bits per heavy atom. The molecule has 5 N–H and O–H groups in total. The molecule has 1 aliphatic rings. The topological polar surface area (TPSA) is 108 Å². The Hall–Kier alpha value is -1.50. The summed E-state index contributed by atoms with van der Waals surface area (Å²) in [6.07, 6.45) is 0. The molecular weight excluding hydrogens is 162 g/mol. The van der Waals surface area contributed by atoms with E-state index < -0.39 is 5.97 Å². The molecule has 1 heterocycles. The summed E-state index contributed by atoms with van der Waals surface area (Å²) in [4.78, 5) is 11.8. The average molecular weight is 173 g/mol. The Morgan fingerprint density at radius 1 is 1.67 bits per heavy atom. The van der Waals surface area contributed by atoms with Gasteiger partial charge in [0.15, 0.2) is 0 Å². The molecule has 0 amide bonds. The first-order chi connectivity index (χ1) is 5.65. The van der Waals surface area contributed by atoms with Crippen molar-refractivity contribution in [1.29, 1.82) is 0 Å². The van der Waals surface area contributed by atoms with E-state index in [2.05, 4.69) is 5.10 Å². The number of carboxylic acids is 1. The van der Waals surface area contributed by atoms with Crippen LogP contribution in [0.1, 0.15) is 0 Å². The summed E-state index contributed by atoms with van der Waals surface area (Å²) in [5, 5.41) is 13.2. The first kappa shape index (κ1) is 8.60. The van der Waals surface area contributed by atoms with Crippen molar-refractivity contribution in [2.75, 3.05) is 19.6 Å². The van der Waals surface area contributed by atoms with Gasteiger partial charge in [0.05, 0.1) is 6.54 Å². The highest BCUT2D eigenvalue weighted by Crippen LogP contribution is 2.02. The third-order valence-electron chi connectivity index (χ3n) is 1.59. The molecule has 0 aromatic heterocycles. The number of guanidine groups is 1. The first-order valence-electron chi connectivity index (χ1n) is 3.42. The van der Waals surface area contributed by atoms with Crippen LogP contribution in [0.25, 0.3) is 0 Å². The van der Waals surface area contributed by atoms with E-state index in [1.807, 2.05) is 0 Å². The Kier molecular flexibility index (Phi) is 2.34. The number of hydrazone groups is 1. The monoisotopic (exact) mass is 173 g/mol. The predicted octanol–water partition coefficient (Wildman–Crippen LogP) is -2.21. The largest absolute Gasteiger partial charge is 0.480 e. The SMILES string of the molecule is NN=C1N(N)CCN1CC(=O)O. The molecule has 68 valence electrons. The van der Waals surface area contributed by atoms with Crippen molar-refractivity contribution in [3.8, 4) is 0 Å². The molecule has 7 heteroatoms. The van der Waals surface area contributed by atoms with Crippen molar-refractivity contribution in [3.63, 3.8) is 0 Å². The zero-order chi connectivity index (χ0) is 9.14. The standard InChI is InChI=1S/C5H11N5O2/c6-8-5-9(3-4(11)12)1-2-10(5)7/h1-3,6-7H2,(H,11,12). The molecule has 0 aromatic carbocycles. The highest BCUT2D eigenvalue weighted by atomic mass is 16.4. The van der Waals surface area contributed by atoms with Gasteiger partial charge in [-0.3, -0.25) is 9.80 Å². The van der Waals surface area contributed by atoms with Crippen LogP contribution < -0.4 is 11.7 Å². The summed E-state index contributed by atoms with van der Waals surface area (Å²) in [6, 6.07) is 0. The van der Waals surface area contributed by atoms with Gasteiger partial charge >= 0.3 is 5.97 Å². The van der Waals surface area contributed by atoms with E-state index in [9.17, 15) is 4.79 Å². The van der Waals surface area contributed by atoms with Gasteiger partial charge in [-0.1, -0.05) is 0 Å². The van der Waals surface area contributed by atoms with Gasteiger partial charge in [-0.2, -0.15) is 0 Å². The minimum Gasteiger partial charge on any atom is -0.480 e. The second-order valence-corrected chi connectivity index (χ2v) is 2.44. The zero-order valence-electron chi connectivity index (χ0n) is 6.47. The van der Waals surface area contributed by atoms with Gasteiger partial charge in [-0.15, -0.1) is 5.10 Å². The van der Waals surface area contributed by atoms with Crippen molar-refractivity contribution in [1.82, 2.24) is 9.91 Å². The molecule has 0 saturated carbocycles. The van der Waals surface area contributed by atoms with Crippen LogP contribution in [0.2, 0.25) is 0 Å². The van der Waals surface area contributed by atoms with E-state index in [-0.39, 0.29) is 6.54 Å². The van der Waals surface area contributed by atoms with Crippen LogP contribution in [0.15, 0.2) is 5.10 Å². The van der Waals surface area contributed by atoms with Crippen LogP contribution in [0, 0.1) is 0 Å². The smallest absolute Gasteiger partial charge is 0.323 e. The van der Waals surface area contributed by atoms with Gasteiger partial charge in [-0.05, 0) is 0 Å². The highest BCUT2D eigenvalue weighted by molar-refractivity contribution is 5.84. The lowest BCUT2D eigenvalue weighted by Gasteiger charge is -2.16. The van der Waals surface area contributed by atoms with Crippen molar-refractivity contribution in [3.05, 3.63) is 0 Å². The van der Waals surface area contributed by atoms with Gasteiger partial charge in [-0.25, -0.2) is 5.84 Å². The number of hydrogen-bond donors (Lipinski definition) is 3. The van der Waals surface area contributed by atoms with E-state index >= 15 is 0 Å². The molecule has 0 radical (unpaired) electrons. The lowest BCUT2D eigenvalue weighted by Crippen LogP contribution is -2.40. The molecule has 0 atom stereocenters. The molecular formula is C5H11N5O2. The zero-order valence-corrected chi connectivity index (χ0v) is 6.47. The third kappa shape index (κ3) is 1.56. The number of nitrogens with zero attached hydrogens (tertiary/aromatic N) is 3. The van der Waals surface area contributed by atoms with Crippen LogP contribution in [0.3, 0.4) is 0 Å². The Bertz CT molecular complexity index is 216. The van der Waals surface area contributed by atoms with E-state index in [1.165, 1.54) is 9.91 Å². The second-order valence-electron chi connectivity index (χ2n) is 2.44. The van der Waals surface area contributed by atoms with Gasteiger partial charge in [0.1, 0.15) is 6.54 Å². The lowest BCUT2D eigenvalue weighted by atomic mass is 10.5. The highest BCUT2D eigenvalue weighted by Gasteiger charge is 2.25. The summed E-state index contributed by atoms with van der Waals surface area (Å²) in [7, 11) is 0. The van der Waals surface area contributed by atoms with Crippen molar-refractivity contribution in [2.24, 2.45) is 16.8 Å². The summed E-state index contributed by atoms with van der Waals surface area (Å²) >= 11 is 0. The Labute approximate surface area is 69.2 Å². The predicted molar refractivity (Wildman–Crippen MR) is 41.7 cm³/mol. The number of aliphatic carboxylic acids is 1. The minimum absolute atomic E-state index is 0.121. The first-order valence-corrected chi connectivity index (χ1v) is 3.42. The molecule has 0 spiro atoms. The van der Waals surface area contributed by atoms with E-state index in [1.54, 1.807) is 0 Å². The maximum Gasteiger partial charge on any atom is 0.323 e. The number of nitrogens with two attached hydrogens (primary N) is 2. The van der Waals surface area contributed by atoms with Crippen molar-refractivity contribution < 1.29 is 9.90 Å². The third-order valence-corrected chi connectivity index (χ3v) is 1.59. The number of carboxylic acid groups (broad SMARTS) is 1. The summed E-state index contributed by atoms with van der Waals surface area (Å²) in [5.74, 6) is 9.86. The average Bonchev–Trinajstić information content (AvgIpc) is 2.30. The van der Waals surface area contributed by atoms with Crippen molar-refractivity contribution in [2.45, 2.75) is 0 Å². The molecule has 1 saturated heterocycles. The molecule has 1 fully saturated rings. The quantitative estimate of drug-likeness (QED) is 0.323. The maximum absolute atomic E-state index is 10.3. The van der Waals surface area contributed by atoms with Crippen LogP contribution in [-0.2, 0) is 4.79 Å². The number of carbonyl (C=O) groups is 1. The molecule has 1 aliphatic heterocycles. The van der Waals surface area contributed by atoms with Crippen LogP contribution in [0.5, 0.6) is 0 Å². The van der Waals surface area contributed by atoms with Gasteiger partial charge in [0.2, 0.25) is 5.96 Å². The summed E-state index contributed by atoms with van der Waals surface area (Å²) in [6.45, 7) is 0.964. The number of hydrazine groups is 1. The molecule has 0 bridgehead atoms. The summed E-state index contributed by atoms with van der Waals surface area (Å²) in [5.41, 5.74) is 0.